The van der Waals surface area contributed by atoms with Gasteiger partial charge in [-0.05, 0) is 35.9 Å². The Labute approximate surface area is 155 Å². The molecule has 6 nitrogen and oxygen atoms in total. The number of rotatable bonds is 4. The van der Waals surface area contributed by atoms with Gasteiger partial charge in [0.1, 0.15) is 0 Å². The van der Waals surface area contributed by atoms with Crippen LogP contribution in [0.25, 0.3) is 6.08 Å². The maximum Gasteiger partial charge on any atom is 0.267 e. The summed E-state index contributed by atoms with van der Waals surface area (Å²) in [7, 11) is 4.70. The molecule has 26 heavy (non-hydrogen) atoms. The van der Waals surface area contributed by atoms with Crippen molar-refractivity contribution >= 4 is 35.1 Å². The summed E-state index contributed by atoms with van der Waals surface area (Å²) in [6.07, 6.45) is 1.85. The lowest BCUT2D eigenvalue weighted by molar-refractivity contribution is -0.114. The molecule has 1 N–H and O–H groups in total. The van der Waals surface area contributed by atoms with Crippen LogP contribution >= 0.6 is 11.8 Å². The molecular formula is C19H18N2O4S. The number of amides is 1. The Morgan fingerprint density at radius 3 is 2.42 bits per heavy atom. The Balaban J connectivity index is 1.70. The third-order valence-corrected chi connectivity index (χ3v) is 5.43. The second-order valence-corrected chi connectivity index (χ2v) is 6.90. The van der Waals surface area contributed by atoms with Crippen LogP contribution in [0.1, 0.15) is 5.56 Å². The van der Waals surface area contributed by atoms with Crippen LogP contribution in [0.2, 0.25) is 0 Å². The van der Waals surface area contributed by atoms with Crippen molar-refractivity contribution < 1.29 is 19.0 Å². The first-order valence-electron chi connectivity index (χ1n) is 8.03. The number of carbonyl (C=O) groups is 1. The Bertz CT molecular complexity index is 887. The summed E-state index contributed by atoms with van der Waals surface area (Å²) in [6, 6.07) is 11.5. The monoisotopic (exact) mass is 370 g/mol. The number of hydrogen-bond acceptors (Lipinski definition) is 6. The molecule has 0 aliphatic carbocycles. The van der Waals surface area contributed by atoms with E-state index in [0.29, 0.717) is 22.2 Å². The van der Waals surface area contributed by atoms with Gasteiger partial charge in [0.2, 0.25) is 5.75 Å². The normalized spacial score (nSPS) is 19.2. The summed E-state index contributed by atoms with van der Waals surface area (Å²) in [4.78, 5) is 15.3. The van der Waals surface area contributed by atoms with E-state index in [1.807, 2.05) is 42.5 Å². The molecule has 0 radical (unpaired) electrons. The Kier molecular flexibility index (Phi) is 4.16. The van der Waals surface area contributed by atoms with Crippen molar-refractivity contribution in [1.82, 2.24) is 0 Å². The average molecular weight is 370 g/mol. The Morgan fingerprint density at radius 2 is 1.77 bits per heavy atom. The first kappa shape index (κ1) is 16.7. The third kappa shape index (κ3) is 2.55. The van der Waals surface area contributed by atoms with E-state index in [2.05, 4.69) is 5.32 Å². The van der Waals surface area contributed by atoms with Crippen molar-refractivity contribution in [3.05, 3.63) is 46.9 Å². The third-order valence-electron chi connectivity index (χ3n) is 4.33. The van der Waals surface area contributed by atoms with E-state index < -0.39 is 0 Å². The molecule has 2 aliphatic rings. The van der Waals surface area contributed by atoms with Crippen LogP contribution < -0.4 is 24.4 Å². The van der Waals surface area contributed by atoms with E-state index >= 15 is 0 Å². The number of thioether (sulfide) groups is 1. The highest BCUT2D eigenvalue weighted by molar-refractivity contribution is 8.05. The highest BCUT2D eigenvalue weighted by atomic mass is 32.2. The number of nitrogens with zero attached hydrogens (tertiary/aromatic N) is 1. The molecule has 1 atom stereocenters. The van der Waals surface area contributed by atoms with E-state index in [-0.39, 0.29) is 11.4 Å². The summed E-state index contributed by atoms with van der Waals surface area (Å²) in [5, 5.41) is 3.36. The van der Waals surface area contributed by atoms with E-state index in [1.165, 1.54) is 11.8 Å². The summed E-state index contributed by atoms with van der Waals surface area (Å²) in [5.41, 5.74) is 2.58. The molecule has 1 fully saturated rings. The second kappa shape index (κ2) is 6.49. The predicted octanol–water partition coefficient (Wildman–Crippen LogP) is 3.54. The summed E-state index contributed by atoms with van der Waals surface area (Å²) < 4.78 is 16.1. The maximum absolute atomic E-state index is 12.9. The van der Waals surface area contributed by atoms with Crippen LogP contribution in [-0.4, -0.2) is 32.7 Å². The van der Waals surface area contributed by atoms with E-state index in [4.69, 9.17) is 14.2 Å². The first-order chi connectivity index (χ1) is 12.7. The van der Waals surface area contributed by atoms with E-state index in [1.54, 1.807) is 26.2 Å². The van der Waals surface area contributed by atoms with Crippen molar-refractivity contribution in [2.45, 2.75) is 5.50 Å². The Hall–Kier alpha value is -2.80. The van der Waals surface area contributed by atoms with Gasteiger partial charge in [-0.3, -0.25) is 9.69 Å². The van der Waals surface area contributed by atoms with Gasteiger partial charge >= 0.3 is 0 Å². The summed E-state index contributed by atoms with van der Waals surface area (Å²) in [5.74, 6) is 1.61. The average Bonchev–Trinajstić information content (AvgIpc) is 3.17. The second-order valence-electron chi connectivity index (χ2n) is 5.77. The van der Waals surface area contributed by atoms with Gasteiger partial charge in [-0.1, -0.05) is 23.9 Å². The lowest BCUT2D eigenvalue weighted by atomic mass is 10.1. The van der Waals surface area contributed by atoms with Crippen molar-refractivity contribution in [2.24, 2.45) is 0 Å². The van der Waals surface area contributed by atoms with Crippen molar-refractivity contribution in [1.29, 1.82) is 0 Å². The number of nitrogens with one attached hydrogen (secondary N) is 1. The van der Waals surface area contributed by atoms with Gasteiger partial charge in [-0.2, -0.15) is 0 Å². The van der Waals surface area contributed by atoms with Crippen LogP contribution in [0.4, 0.5) is 11.4 Å². The molecule has 2 aromatic rings. The zero-order valence-electron chi connectivity index (χ0n) is 14.6. The van der Waals surface area contributed by atoms with Gasteiger partial charge in [0, 0.05) is 0 Å². The molecule has 2 aromatic carbocycles. The zero-order chi connectivity index (χ0) is 18.3. The minimum absolute atomic E-state index is 0.0220. The molecule has 1 amide bonds. The SMILES string of the molecule is COc1cc(/C=C2\SC3Nc4ccccc4N3C2=O)cc(OC)c1OC. The summed E-state index contributed by atoms with van der Waals surface area (Å²) in [6.45, 7) is 0. The van der Waals surface area contributed by atoms with Crippen LogP contribution in [0.3, 0.4) is 0 Å². The lowest BCUT2D eigenvalue weighted by Gasteiger charge is -2.13. The standard InChI is InChI=1S/C19H18N2O4S/c1-23-14-8-11(9-15(24-2)17(14)25-3)10-16-18(22)21-13-7-5-4-6-12(13)20-19(21)26-16/h4-10,19-20H,1-3H3/b16-10-. The fourth-order valence-corrected chi connectivity index (χ4v) is 4.29. The highest BCUT2D eigenvalue weighted by Gasteiger charge is 2.42. The van der Waals surface area contributed by atoms with Crippen LogP contribution in [0.15, 0.2) is 41.3 Å². The van der Waals surface area contributed by atoms with Gasteiger partial charge in [-0.25, -0.2) is 0 Å². The van der Waals surface area contributed by atoms with Crippen molar-refractivity contribution in [3.63, 3.8) is 0 Å². The molecule has 2 heterocycles. The fourth-order valence-electron chi connectivity index (χ4n) is 3.15. The van der Waals surface area contributed by atoms with Gasteiger partial charge in [-0.15, -0.1) is 0 Å². The largest absolute Gasteiger partial charge is 0.493 e. The Morgan fingerprint density at radius 1 is 1.08 bits per heavy atom. The number of methoxy groups -OCH3 is 3. The van der Waals surface area contributed by atoms with E-state index in [0.717, 1.165) is 16.9 Å². The van der Waals surface area contributed by atoms with Crippen LogP contribution in [0, 0.1) is 0 Å². The van der Waals surface area contributed by atoms with Crippen molar-refractivity contribution in [2.75, 3.05) is 31.5 Å². The van der Waals surface area contributed by atoms with Gasteiger partial charge in [0.05, 0.1) is 37.6 Å². The zero-order valence-corrected chi connectivity index (χ0v) is 15.4. The van der Waals surface area contributed by atoms with E-state index in [9.17, 15) is 4.79 Å². The first-order valence-corrected chi connectivity index (χ1v) is 8.91. The topological polar surface area (TPSA) is 60.0 Å². The number of fused-ring (bicyclic) bond motifs is 3. The van der Waals surface area contributed by atoms with Crippen molar-refractivity contribution in [3.8, 4) is 17.2 Å². The molecule has 2 aliphatic heterocycles. The molecule has 4 rings (SSSR count). The number of benzene rings is 2. The minimum Gasteiger partial charge on any atom is -0.493 e. The number of carbonyl (C=O) groups excluding carboxylic acids is 1. The lowest BCUT2D eigenvalue weighted by Crippen LogP contribution is -2.31. The van der Waals surface area contributed by atoms with Gasteiger partial charge in [0.15, 0.2) is 17.0 Å². The highest BCUT2D eigenvalue weighted by Crippen LogP contribution is 2.47. The number of hydrogen-bond donors (Lipinski definition) is 1. The molecule has 0 aromatic heterocycles. The number of anilines is 2. The maximum atomic E-state index is 12.9. The molecule has 0 saturated carbocycles. The molecule has 134 valence electrons. The number of ether oxygens (including phenoxy) is 3. The quantitative estimate of drug-likeness (QED) is 0.831. The van der Waals surface area contributed by atoms with Crippen LogP contribution in [0.5, 0.6) is 17.2 Å². The molecule has 7 heteroatoms. The smallest absolute Gasteiger partial charge is 0.267 e. The molecule has 1 saturated heterocycles. The van der Waals surface area contributed by atoms with Gasteiger partial charge < -0.3 is 19.5 Å². The minimum atomic E-state index is -0.117. The summed E-state index contributed by atoms with van der Waals surface area (Å²) >= 11 is 1.49. The van der Waals surface area contributed by atoms with Crippen LogP contribution in [-0.2, 0) is 4.79 Å². The van der Waals surface area contributed by atoms with Gasteiger partial charge in [0.25, 0.3) is 5.91 Å². The number of para-hydroxylation sites is 2. The molecule has 1 unspecified atom stereocenters. The molecule has 0 bridgehead atoms. The predicted molar refractivity (Wildman–Crippen MR) is 103 cm³/mol. The fraction of sp³-hybridized carbons (Fsp3) is 0.211. The molecular weight excluding hydrogens is 352 g/mol. The molecule has 0 spiro atoms.